The Hall–Kier alpha value is -2.58. The lowest BCUT2D eigenvalue weighted by molar-refractivity contribution is -0.114. The Labute approximate surface area is 190 Å². The van der Waals surface area contributed by atoms with Gasteiger partial charge in [0.05, 0.1) is 24.3 Å². The number of hydrogen-bond acceptors (Lipinski definition) is 5. The van der Waals surface area contributed by atoms with Gasteiger partial charge in [-0.2, -0.15) is 4.31 Å². The summed E-state index contributed by atoms with van der Waals surface area (Å²) in [6, 6.07) is 12.8. The number of nitrogens with zero attached hydrogens (tertiary/aromatic N) is 1. The van der Waals surface area contributed by atoms with Gasteiger partial charge in [-0.25, -0.2) is 8.42 Å². The van der Waals surface area contributed by atoms with Crippen molar-refractivity contribution < 1.29 is 22.7 Å². The van der Waals surface area contributed by atoms with Gasteiger partial charge in [0.25, 0.3) is 0 Å². The maximum Gasteiger partial charge on any atom is 0.243 e. The molecule has 0 saturated carbocycles. The predicted octanol–water partition coefficient (Wildman–Crippen LogP) is 4.09. The Morgan fingerprint density at radius 2 is 1.81 bits per heavy atom. The van der Waals surface area contributed by atoms with Gasteiger partial charge in [-0.15, -0.1) is 0 Å². The number of carbonyl (C=O) groups is 1. The van der Waals surface area contributed by atoms with E-state index in [0.29, 0.717) is 37.1 Å². The third kappa shape index (κ3) is 6.01. The summed E-state index contributed by atoms with van der Waals surface area (Å²) in [6.45, 7) is 5.00. The van der Waals surface area contributed by atoms with Crippen molar-refractivity contribution in [2.24, 2.45) is 5.92 Å². The molecule has 2 aromatic rings. The van der Waals surface area contributed by atoms with E-state index in [1.54, 1.807) is 10.4 Å². The average Bonchev–Trinajstić information content (AvgIpc) is 2.78. The summed E-state index contributed by atoms with van der Waals surface area (Å²) in [5.74, 6) is 1.52. The lowest BCUT2D eigenvalue weighted by Crippen LogP contribution is -2.38. The zero-order valence-corrected chi connectivity index (χ0v) is 19.8. The molecule has 0 spiro atoms. The maximum atomic E-state index is 13.2. The van der Waals surface area contributed by atoms with Gasteiger partial charge < -0.3 is 14.8 Å². The predicted molar refractivity (Wildman–Crippen MR) is 125 cm³/mol. The fourth-order valence-electron chi connectivity index (χ4n) is 4.01. The van der Waals surface area contributed by atoms with E-state index >= 15 is 0 Å². The molecule has 8 heteroatoms. The molecule has 0 aromatic heterocycles. The molecule has 1 saturated heterocycles. The second-order valence-corrected chi connectivity index (χ2v) is 9.94. The van der Waals surface area contributed by atoms with E-state index in [4.69, 9.17) is 9.47 Å². The molecule has 7 nitrogen and oxygen atoms in total. The molecule has 1 aliphatic heterocycles. The van der Waals surface area contributed by atoms with E-state index in [0.717, 1.165) is 31.4 Å². The minimum Gasteiger partial charge on any atom is -0.495 e. The Kier molecular flexibility index (Phi) is 8.15. The van der Waals surface area contributed by atoms with E-state index in [2.05, 4.69) is 17.4 Å². The second kappa shape index (κ2) is 10.8. The number of sulfonamides is 1. The van der Waals surface area contributed by atoms with Crippen LogP contribution in [0.4, 0.5) is 5.69 Å². The van der Waals surface area contributed by atoms with Crippen molar-refractivity contribution >= 4 is 21.6 Å². The van der Waals surface area contributed by atoms with Crippen molar-refractivity contribution in [3.63, 3.8) is 0 Å². The van der Waals surface area contributed by atoms with Crippen molar-refractivity contribution in [1.29, 1.82) is 0 Å². The molecule has 0 atom stereocenters. The highest BCUT2D eigenvalue weighted by Crippen LogP contribution is 2.31. The molecule has 2 aromatic carbocycles. The van der Waals surface area contributed by atoms with Crippen LogP contribution in [0, 0.1) is 5.92 Å². The average molecular weight is 461 g/mol. The van der Waals surface area contributed by atoms with E-state index in [1.165, 1.54) is 31.7 Å². The lowest BCUT2D eigenvalue weighted by atomic mass is 9.91. The van der Waals surface area contributed by atoms with Crippen molar-refractivity contribution in [3.8, 4) is 11.5 Å². The van der Waals surface area contributed by atoms with Crippen molar-refractivity contribution in [3.05, 3.63) is 48.0 Å². The van der Waals surface area contributed by atoms with Gasteiger partial charge in [-0.3, -0.25) is 4.79 Å². The van der Waals surface area contributed by atoms with E-state index in [1.807, 2.05) is 19.1 Å². The summed E-state index contributed by atoms with van der Waals surface area (Å²) < 4.78 is 38.6. The largest absolute Gasteiger partial charge is 0.495 e. The molecule has 1 N–H and O–H groups in total. The van der Waals surface area contributed by atoms with E-state index in [9.17, 15) is 13.2 Å². The number of piperidine rings is 1. The molecule has 0 bridgehead atoms. The summed E-state index contributed by atoms with van der Waals surface area (Å²) in [5, 5.41) is 2.63. The van der Waals surface area contributed by atoms with Crippen LogP contribution in [0.15, 0.2) is 47.4 Å². The smallest absolute Gasteiger partial charge is 0.243 e. The maximum absolute atomic E-state index is 13.2. The van der Waals surface area contributed by atoms with Gasteiger partial charge in [-0.05, 0) is 74.4 Å². The molecule has 0 aliphatic carbocycles. The number of carbonyl (C=O) groups excluding carboxylic acids is 1. The molecule has 1 amide bonds. The van der Waals surface area contributed by atoms with Crippen LogP contribution in [0.1, 0.15) is 38.7 Å². The number of nitrogens with one attached hydrogen (secondary N) is 1. The number of ether oxygens (including phenoxy) is 2. The molecule has 1 heterocycles. The SMILES string of the molecule is CCOc1ccc(CCC2CCN(S(=O)(=O)c3ccc(OC)c(NC(C)=O)c3)CC2)cc1. The highest BCUT2D eigenvalue weighted by atomic mass is 32.2. The molecule has 0 unspecified atom stereocenters. The van der Waals surface area contributed by atoms with Gasteiger partial charge >= 0.3 is 0 Å². The fourth-order valence-corrected chi connectivity index (χ4v) is 5.51. The topological polar surface area (TPSA) is 84.9 Å². The normalized spacial score (nSPS) is 15.3. The minimum absolute atomic E-state index is 0.162. The minimum atomic E-state index is -3.63. The third-order valence-corrected chi connectivity index (χ3v) is 7.66. The van der Waals surface area contributed by atoms with Crippen molar-refractivity contribution in [2.45, 2.75) is 44.4 Å². The number of anilines is 1. The Morgan fingerprint density at radius 1 is 1.12 bits per heavy atom. The highest BCUT2D eigenvalue weighted by molar-refractivity contribution is 7.89. The lowest BCUT2D eigenvalue weighted by Gasteiger charge is -2.31. The Morgan fingerprint density at radius 3 is 2.41 bits per heavy atom. The van der Waals surface area contributed by atoms with Crippen LogP contribution >= 0.6 is 0 Å². The standard InChI is InChI=1S/C24H32N2O5S/c1-4-31-21-9-7-19(8-10-21)5-6-20-13-15-26(16-14-20)32(28,29)22-11-12-24(30-3)23(17-22)25-18(2)27/h7-12,17,20H,4-6,13-16H2,1-3H3,(H,25,27). The third-order valence-electron chi connectivity index (χ3n) is 5.77. The molecular weight excluding hydrogens is 428 g/mol. The number of rotatable bonds is 9. The van der Waals surface area contributed by atoms with Gasteiger partial charge in [0, 0.05) is 20.0 Å². The molecule has 1 aliphatic rings. The van der Waals surface area contributed by atoms with Crippen LogP contribution in [0.5, 0.6) is 11.5 Å². The Balaban J connectivity index is 1.58. The molecule has 174 valence electrons. The first-order valence-electron chi connectivity index (χ1n) is 11.0. The molecular formula is C24H32N2O5S. The number of amides is 1. The fraction of sp³-hybridized carbons (Fsp3) is 0.458. The van der Waals surface area contributed by atoms with Crippen molar-refractivity contribution in [1.82, 2.24) is 4.31 Å². The Bertz CT molecular complexity index is 1010. The monoisotopic (exact) mass is 460 g/mol. The molecule has 32 heavy (non-hydrogen) atoms. The van der Waals surface area contributed by atoms with Gasteiger partial charge in [0.15, 0.2) is 0 Å². The quantitative estimate of drug-likeness (QED) is 0.609. The second-order valence-electron chi connectivity index (χ2n) is 8.01. The molecule has 3 rings (SSSR count). The summed E-state index contributed by atoms with van der Waals surface area (Å²) in [5.41, 5.74) is 1.62. The van der Waals surface area contributed by atoms with Crippen LogP contribution in [-0.2, 0) is 21.2 Å². The number of hydrogen-bond donors (Lipinski definition) is 1. The summed E-state index contributed by atoms with van der Waals surface area (Å²) in [4.78, 5) is 11.6. The molecule has 0 radical (unpaired) electrons. The summed E-state index contributed by atoms with van der Waals surface area (Å²) in [7, 11) is -2.15. The summed E-state index contributed by atoms with van der Waals surface area (Å²) in [6.07, 6.45) is 3.69. The number of methoxy groups -OCH3 is 1. The van der Waals surface area contributed by atoms with Crippen LogP contribution < -0.4 is 14.8 Å². The highest BCUT2D eigenvalue weighted by Gasteiger charge is 2.30. The van der Waals surface area contributed by atoms with Crippen LogP contribution in [0.25, 0.3) is 0 Å². The van der Waals surface area contributed by atoms with Crippen LogP contribution in [0.3, 0.4) is 0 Å². The van der Waals surface area contributed by atoms with Crippen LogP contribution in [-0.4, -0.2) is 45.4 Å². The van der Waals surface area contributed by atoms with Gasteiger partial charge in [0.2, 0.25) is 15.9 Å². The van der Waals surface area contributed by atoms with Crippen molar-refractivity contribution in [2.75, 3.05) is 32.1 Å². The summed E-state index contributed by atoms with van der Waals surface area (Å²) >= 11 is 0. The zero-order chi connectivity index (χ0) is 23.1. The number of aryl methyl sites for hydroxylation is 1. The van der Waals surface area contributed by atoms with Gasteiger partial charge in [0.1, 0.15) is 11.5 Å². The first-order valence-corrected chi connectivity index (χ1v) is 12.4. The first kappa shape index (κ1) is 24.1. The van der Waals surface area contributed by atoms with E-state index < -0.39 is 10.0 Å². The first-order chi connectivity index (χ1) is 15.3. The molecule has 1 fully saturated rings. The van der Waals surface area contributed by atoms with E-state index in [-0.39, 0.29) is 10.8 Å². The van der Waals surface area contributed by atoms with Gasteiger partial charge in [-0.1, -0.05) is 12.1 Å². The number of benzene rings is 2. The van der Waals surface area contributed by atoms with Crippen LogP contribution in [0.2, 0.25) is 0 Å². The zero-order valence-electron chi connectivity index (χ0n) is 19.0.